The second kappa shape index (κ2) is 3.85. The Hall–Kier alpha value is -1.63. The lowest BCUT2D eigenvalue weighted by atomic mass is 9.98. The van der Waals surface area contributed by atoms with Crippen LogP contribution in [0.5, 0.6) is 0 Å². The zero-order valence-electron chi connectivity index (χ0n) is 8.92. The van der Waals surface area contributed by atoms with E-state index in [2.05, 4.69) is 0 Å². The second-order valence-corrected chi connectivity index (χ2v) is 3.80. The summed E-state index contributed by atoms with van der Waals surface area (Å²) in [5.41, 5.74) is 3.91. The summed E-state index contributed by atoms with van der Waals surface area (Å²) in [7, 11) is 0. The van der Waals surface area contributed by atoms with Crippen molar-refractivity contribution in [2.75, 3.05) is 0 Å². The number of benzene rings is 2. The van der Waals surface area contributed by atoms with Crippen LogP contribution in [0.15, 0.2) is 42.5 Å². The highest BCUT2D eigenvalue weighted by molar-refractivity contribution is 5.68. The van der Waals surface area contributed by atoms with Gasteiger partial charge in [-0.15, -0.1) is 0 Å². The van der Waals surface area contributed by atoms with Crippen LogP contribution in [0, 0.1) is 19.7 Å². The van der Waals surface area contributed by atoms with Crippen LogP contribution >= 0.6 is 0 Å². The molecule has 0 nitrogen and oxygen atoms in total. The fourth-order valence-electron chi connectivity index (χ4n) is 1.71. The van der Waals surface area contributed by atoms with E-state index in [0.29, 0.717) is 5.56 Å². The van der Waals surface area contributed by atoms with Gasteiger partial charge in [0.25, 0.3) is 0 Å². The third kappa shape index (κ3) is 1.91. The van der Waals surface area contributed by atoms with Crippen molar-refractivity contribution in [2.45, 2.75) is 13.8 Å². The third-order valence-corrected chi connectivity index (χ3v) is 2.56. The first-order chi connectivity index (χ1) is 7.18. The van der Waals surface area contributed by atoms with Crippen molar-refractivity contribution < 1.29 is 4.39 Å². The van der Waals surface area contributed by atoms with Crippen molar-refractivity contribution in [1.82, 2.24) is 0 Å². The van der Waals surface area contributed by atoms with Crippen molar-refractivity contribution >= 4 is 0 Å². The molecule has 0 aromatic heterocycles. The van der Waals surface area contributed by atoms with E-state index in [1.807, 2.05) is 44.2 Å². The molecule has 2 aromatic rings. The van der Waals surface area contributed by atoms with Gasteiger partial charge in [-0.25, -0.2) is 4.39 Å². The van der Waals surface area contributed by atoms with Crippen molar-refractivity contribution in [3.63, 3.8) is 0 Å². The minimum atomic E-state index is -0.161. The highest BCUT2D eigenvalue weighted by Gasteiger charge is 2.06. The van der Waals surface area contributed by atoms with Gasteiger partial charge in [0.05, 0.1) is 0 Å². The van der Waals surface area contributed by atoms with E-state index in [1.54, 1.807) is 6.07 Å². The second-order valence-electron chi connectivity index (χ2n) is 3.80. The first-order valence-electron chi connectivity index (χ1n) is 5.00. The summed E-state index contributed by atoms with van der Waals surface area (Å²) in [4.78, 5) is 0. The fourth-order valence-corrected chi connectivity index (χ4v) is 1.71. The molecule has 0 amide bonds. The monoisotopic (exact) mass is 200 g/mol. The van der Waals surface area contributed by atoms with E-state index in [4.69, 9.17) is 0 Å². The van der Waals surface area contributed by atoms with Crippen LogP contribution in [0.1, 0.15) is 11.1 Å². The molecule has 1 heteroatoms. The Morgan fingerprint density at radius 1 is 0.867 bits per heavy atom. The van der Waals surface area contributed by atoms with Gasteiger partial charge in [0.15, 0.2) is 0 Å². The van der Waals surface area contributed by atoms with Crippen LogP contribution in [0.2, 0.25) is 0 Å². The zero-order chi connectivity index (χ0) is 10.8. The quantitative estimate of drug-likeness (QED) is 0.649. The maximum atomic E-state index is 13.6. The molecule has 0 saturated heterocycles. The molecular formula is C14H13F. The van der Waals surface area contributed by atoms with Crippen molar-refractivity contribution in [1.29, 1.82) is 0 Å². The molecule has 0 atom stereocenters. The van der Waals surface area contributed by atoms with Crippen LogP contribution in [-0.2, 0) is 0 Å². The predicted octanol–water partition coefficient (Wildman–Crippen LogP) is 4.11. The summed E-state index contributed by atoms with van der Waals surface area (Å²) >= 11 is 0. The molecule has 15 heavy (non-hydrogen) atoms. The Balaban J connectivity index is 2.64. The Morgan fingerprint density at radius 3 is 2.33 bits per heavy atom. The molecule has 2 rings (SSSR count). The topological polar surface area (TPSA) is 0 Å². The van der Waals surface area contributed by atoms with Gasteiger partial charge < -0.3 is 0 Å². The van der Waals surface area contributed by atoms with Gasteiger partial charge in [-0.3, -0.25) is 0 Å². The molecule has 0 radical (unpaired) electrons. The van der Waals surface area contributed by atoms with E-state index in [-0.39, 0.29) is 5.82 Å². The Kier molecular flexibility index (Phi) is 2.55. The molecular weight excluding hydrogens is 187 g/mol. The summed E-state index contributed by atoms with van der Waals surface area (Å²) in [5, 5.41) is 0. The Bertz CT molecular complexity index is 486. The maximum Gasteiger partial charge on any atom is 0.131 e. The SMILES string of the molecule is Cc1ccc(C)c(-c2ccccc2F)c1. The summed E-state index contributed by atoms with van der Waals surface area (Å²) < 4.78 is 13.6. The van der Waals surface area contributed by atoms with Gasteiger partial charge in [-0.05, 0) is 31.0 Å². The average Bonchev–Trinajstić information content (AvgIpc) is 2.23. The molecule has 76 valence electrons. The van der Waals surface area contributed by atoms with E-state index in [0.717, 1.165) is 16.7 Å². The lowest BCUT2D eigenvalue weighted by molar-refractivity contribution is 0.631. The van der Waals surface area contributed by atoms with Crippen molar-refractivity contribution in [2.24, 2.45) is 0 Å². The maximum absolute atomic E-state index is 13.6. The van der Waals surface area contributed by atoms with E-state index >= 15 is 0 Å². The average molecular weight is 200 g/mol. The predicted molar refractivity (Wildman–Crippen MR) is 61.3 cm³/mol. The number of rotatable bonds is 1. The lowest BCUT2D eigenvalue weighted by Crippen LogP contribution is -1.88. The normalized spacial score (nSPS) is 10.3. The molecule has 0 aliphatic rings. The van der Waals surface area contributed by atoms with Gasteiger partial charge in [0.1, 0.15) is 5.82 Å². The molecule has 0 aliphatic heterocycles. The van der Waals surface area contributed by atoms with Gasteiger partial charge in [-0.2, -0.15) is 0 Å². The summed E-state index contributed by atoms with van der Waals surface area (Å²) in [6.45, 7) is 4.02. The molecule has 0 bridgehead atoms. The molecule has 0 aliphatic carbocycles. The highest BCUT2D eigenvalue weighted by Crippen LogP contribution is 2.26. The van der Waals surface area contributed by atoms with Crippen LogP contribution in [0.3, 0.4) is 0 Å². The van der Waals surface area contributed by atoms with E-state index in [9.17, 15) is 4.39 Å². The zero-order valence-corrected chi connectivity index (χ0v) is 8.92. The highest BCUT2D eigenvalue weighted by atomic mass is 19.1. The van der Waals surface area contributed by atoms with Crippen LogP contribution in [0.4, 0.5) is 4.39 Å². The van der Waals surface area contributed by atoms with Crippen molar-refractivity contribution in [3.8, 4) is 11.1 Å². The molecule has 0 heterocycles. The van der Waals surface area contributed by atoms with Crippen molar-refractivity contribution in [3.05, 3.63) is 59.4 Å². The van der Waals surface area contributed by atoms with Crippen LogP contribution in [-0.4, -0.2) is 0 Å². The van der Waals surface area contributed by atoms with E-state index in [1.165, 1.54) is 6.07 Å². The number of hydrogen-bond acceptors (Lipinski definition) is 0. The minimum Gasteiger partial charge on any atom is -0.206 e. The number of aryl methyl sites for hydroxylation is 2. The standard InChI is InChI=1S/C14H13F/c1-10-7-8-11(2)13(9-10)12-5-3-4-6-14(12)15/h3-9H,1-2H3. The van der Waals surface area contributed by atoms with E-state index < -0.39 is 0 Å². The van der Waals surface area contributed by atoms with Crippen LogP contribution < -0.4 is 0 Å². The lowest BCUT2D eigenvalue weighted by Gasteiger charge is -2.08. The molecule has 0 fully saturated rings. The summed E-state index contributed by atoms with van der Waals surface area (Å²) in [6, 6.07) is 13.0. The van der Waals surface area contributed by atoms with Gasteiger partial charge in [-0.1, -0.05) is 42.0 Å². The summed E-state index contributed by atoms with van der Waals surface area (Å²) in [6.07, 6.45) is 0. The molecule has 0 saturated carbocycles. The van der Waals surface area contributed by atoms with Gasteiger partial charge in [0.2, 0.25) is 0 Å². The smallest absolute Gasteiger partial charge is 0.131 e. The molecule has 0 N–H and O–H groups in total. The molecule has 0 unspecified atom stereocenters. The minimum absolute atomic E-state index is 0.161. The van der Waals surface area contributed by atoms with Gasteiger partial charge >= 0.3 is 0 Å². The fraction of sp³-hybridized carbons (Fsp3) is 0.143. The first-order valence-corrected chi connectivity index (χ1v) is 5.00. The molecule has 2 aromatic carbocycles. The number of halogens is 1. The largest absolute Gasteiger partial charge is 0.206 e. The van der Waals surface area contributed by atoms with Crippen LogP contribution in [0.25, 0.3) is 11.1 Å². The Labute approximate surface area is 89.4 Å². The summed E-state index contributed by atoms with van der Waals surface area (Å²) in [5.74, 6) is -0.161. The third-order valence-electron chi connectivity index (χ3n) is 2.56. The molecule has 0 spiro atoms. The Morgan fingerprint density at radius 2 is 1.60 bits per heavy atom. The number of hydrogen-bond donors (Lipinski definition) is 0. The first kappa shape index (κ1) is 9.91. The van der Waals surface area contributed by atoms with Gasteiger partial charge in [0, 0.05) is 5.56 Å².